The van der Waals surface area contributed by atoms with Crippen molar-refractivity contribution in [2.24, 2.45) is 0 Å². The predicted octanol–water partition coefficient (Wildman–Crippen LogP) is 2.25. The van der Waals surface area contributed by atoms with Crippen LogP contribution in [0, 0.1) is 0 Å². The number of halogens is 2. The lowest BCUT2D eigenvalue weighted by Gasteiger charge is -2.10. The van der Waals surface area contributed by atoms with Gasteiger partial charge in [-0.1, -0.05) is 0 Å². The molecule has 0 saturated heterocycles. The Kier molecular flexibility index (Phi) is 3.38. The Morgan fingerprint density at radius 2 is 2.14 bits per heavy atom. The zero-order chi connectivity index (χ0) is 14.9. The van der Waals surface area contributed by atoms with Crippen LogP contribution in [-0.4, -0.2) is 36.1 Å². The maximum Gasteiger partial charge on any atom is 0.586 e. The molecule has 1 N–H and O–H groups in total. The summed E-state index contributed by atoms with van der Waals surface area (Å²) in [6.07, 6.45) is -0.297. The van der Waals surface area contributed by atoms with Crippen LogP contribution in [0.5, 0.6) is 11.5 Å². The van der Waals surface area contributed by atoms with E-state index in [1.807, 2.05) is 0 Å². The van der Waals surface area contributed by atoms with Crippen molar-refractivity contribution in [1.82, 2.24) is 9.55 Å². The van der Waals surface area contributed by atoms with Gasteiger partial charge in [0.05, 0.1) is 12.3 Å². The standard InChI is InChI=1S/C13H13F2N3O3/c1-19-7-5-17-12-16-4-6-18(12)9-2-3-10-11(8-9)21-13(14,15)20-10/h2-4,6,8H,5,7H2,1H3,(H,16,17). The van der Waals surface area contributed by atoms with Crippen molar-refractivity contribution >= 4 is 5.95 Å². The fraction of sp³-hybridized carbons (Fsp3) is 0.308. The molecule has 0 spiro atoms. The summed E-state index contributed by atoms with van der Waals surface area (Å²) in [6.45, 7) is 1.11. The van der Waals surface area contributed by atoms with Crippen LogP contribution in [0.2, 0.25) is 0 Å². The smallest absolute Gasteiger partial charge is 0.395 e. The van der Waals surface area contributed by atoms with Crippen molar-refractivity contribution in [3.05, 3.63) is 30.6 Å². The van der Waals surface area contributed by atoms with Gasteiger partial charge in [-0.15, -0.1) is 8.78 Å². The zero-order valence-electron chi connectivity index (χ0n) is 11.2. The van der Waals surface area contributed by atoms with Crippen LogP contribution >= 0.6 is 0 Å². The van der Waals surface area contributed by atoms with Gasteiger partial charge in [-0.05, 0) is 12.1 Å². The number of hydrogen-bond donors (Lipinski definition) is 1. The van der Waals surface area contributed by atoms with E-state index in [1.165, 1.54) is 12.1 Å². The van der Waals surface area contributed by atoms with Gasteiger partial charge in [0, 0.05) is 32.1 Å². The molecule has 0 atom stereocenters. The summed E-state index contributed by atoms with van der Waals surface area (Å²) in [7, 11) is 1.60. The lowest BCUT2D eigenvalue weighted by atomic mass is 10.3. The van der Waals surface area contributed by atoms with Gasteiger partial charge in [-0.2, -0.15) is 0 Å². The number of ether oxygens (including phenoxy) is 3. The van der Waals surface area contributed by atoms with Gasteiger partial charge in [0.15, 0.2) is 11.5 Å². The number of fused-ring (bicyclic) bond motifs is 1. The largest absolute Gasteiger partial charge is 0.586 e. The first-order valence-corrected chi connectivity index (χ1v) is 6.25. The third-order valence-corrected chi connectivity index (χ3v) is 2.89. The van der Waals surface area contributed by atoms with Crippen LogP contribution in [0.4, 0.5) is 14.7 Å². The van der Waals surface area contributed by atoms with Crippen LogP contribution in [-0.2, 0) is 4.74 Å². The average Bonchev–Trinajstić information content (AvgIpc) is 3.00. The van der Waals surface area contributed by atoms with Gasteiger partial charge in [0.1, 0.15) is 0 Å². The molecule has 0 unspecified atom stereocenters. The third kappa shape index (κ3) is 2.75. The SMILES string of the molecule is COCCNc1nccn1-c1ccc2c(c1)OC(F)(F)O2. The van der Waals surface area contributed by atoms with E-state index in [2.05, 4.69) is 19.8 Å². The first-order chi connectivity index (χ1) is 10.1. The molecular weight excluding hydrogens is 284 g/mol. The molecule has 0 radical (unpaired) electrons. The van der Waals surface area contributed by atoms with Crippen molar-refractivity contribution in [1.29, 1.82) is 0 Å². The van der Waals surface area contributed by atoms with E-state index in [-0.39, 0.29) is 11.5 Å². The first-order valence-electron chi connectivity index (χ1n) is 6.25. The maximum atomic E-state index is 13.0. The Bertz CT molecular complexity index is 645. The summed E-state index contributed by atoms with van der Waals surface area (Å²) >= 11 is 0. The van der Waals surface area contributed by atoms with E-state index < -0.39 is 6.29 Å². The molecule has 1 aliphatic rings. The van der Waals surface area contributed by atoms with Gasteiger partial charge in [0.2, 0.25) is 5.95 Å². The quantitative estimate of drug-likeness (QED) is 0.858. The molecule has 0 amide bonds. The molecular formula is C13H13F2N3O3. The van der Waals surface area contributed by atoms with Gasteiger partial charge >= 0.3 is 6.29 Å². The molecule has 1 aromatic heterocycles. The predicted molar refractivity (Wildman–Crippen MR) is 70.1 cm³/mol. The number of alkyl halides is 2. The highest BCUT2D eigenvalue weighted by Crippen LogP contribution is 2.42. The molecule has 21 heavy (non-hydrogen) atoms. The Morgan fingerprint density at radius 3 is 2.95 bits per heavy atom. The Morgan fingerprint density at radius 1 is 1.33 bits per heavy atom. The molecule has 2 heterocycles. The summed E-state index contributed by atoms with van der Waals surface area (Å²) in [4.78, 5) is 4.16. The Balaban J connectivity index is 1.84. The van der Waals surface area contributed by atoms with E-state index in [9.17, 15) is 8.78 Å². The number of aromatic nitrogens is 2. The molecule has 0 bridgehead atoms. The molecule has 3 rings (SSSR count). The van der Waals surface area contributed by atoms with E-state index >= 15 is 0 Å². The second kappa shape index (κ2) is 5.21. The van der Waals surface area contributed by atoms with E-state index in [1.54, 1.807) is 30.1 Å². The third-order valence-electron chi connectivity index (χ3n) is 2.89. The van der Waals surface area contributed by atoms with Gasteiger partial charge in [0.25, 0.3) is 0 Å². The number of hydrogen-bond acceptors (Lipinski definition) is 5. The summed E-state index contributed by atoms with van der Waals surface area (Å²) in [5.41, 5.74) is 0.632. The van der Waals surface area contributed by atoms with Crippen molar-refractivity contribution in [2.75, 3.05) is 25.6 Å². The van der Waals surface area contributed by atoms with Crippen molar-refractivity contribution in [3.8, 4) is 17.2 Å². The molecule has 0 aliphatic carbocycles. The Labute approximate surface area is 119 Å². The summed E-state index contributed by atoms with van der Waals surface area (Å²) in [6, 6.07) is 4.55. The molecule has 0 saturated carbocycles. The van der Waals surface area contributed by atoms with Crippen LogP contribution in [0.25, 0.3) is 5.69 Å². The highest BCUT2D eigenvalue weighted by atomic mass is 19.3. The van der Waals surface area contributed by atoms with Crippen molar-refractivity contribution in [3.63, 3.8) is 0 Å². The summed E-state index contributed by atoms with van der Waals surface area (Å²) in [5, 5.41) is 3.08. The van der Waals surface area contributed by atoms with Crippen LogP contribution in [0.1, 0.15) is 0 Å². The average molecular weight is 297 g/mol. The number of nitrogens with one attached hydrogen (secondary N) is 1. The molecule has 112 valence electrons. The van der Waals surface area contributed by atoms with Crippen LogP contribution in [0.3, 0.4) is 0 Å². The molecule has 6 nitrogen and oxygen atoms in total. The van der Waals surface area contributed by atoms with E-state index in [0.29, 0.717) is 24.8 Å². The molecule has 1 aromatic carbocycles. The summed E-state index contributed by atoms with van der Waals surface area (Å²) < 4.78 is 41.5. The zero-order valence-corrected chi connectivity index (χ0v) is 11.2. The topological polar surface area (TPSA) is 57.5 Å². The second-order valence-corrected chi connectivity index (χ2v) is 4.34. The fourth-order valence-electron chi connectivity index (χ4n) is 1.99. The number of benzene rings is 1. The highest BCUT2D eigenvalue weighted by Gasteiger charge is 2.43. The number of methoxy groups -OCH3 is 1. The van der Waals surface area contributed by atoms with Gasteiger partial charge in [-0.3, -0.25) is 4.57 Å². The first kappa shape index (κ1) is 13.6. The number of rotatable bonds is 5. The molecule has 2 aromatic rings. The lowest BCUT2D eigenvalue weighted by molar-refractivity contribution is -0.286. The monoisotopic (exact) mass is 297 g/mol. The molecule has 0 fully saturated rings. The Hall–Kier alpha value is -2.35. The second-order valence-electron chi connectivity index (χ2n) is 4.34. The number of nitrogens with zero attached hydrogens (tertiary/aromatic N) is 2. The number of anilines is 1. The number of imidazole rings is 1. The normalized spacial score (nSPS) is 15.2. The molecule has 1 aliphatic heterocycles. The van der Waals surface area contributed by atoms with Gasteiger partial charge in [-0.25, -0.2) is 4.98 Å². The van der Waals surface area contributed by atoms with Crippen molar-refractivity contribution in [2.45, 2.75) is 6.29 Å². The van der Waals surface area contributed by atoms with Gasteiger partial charge < -0.3 is 19.5 Å². The lowest BCUT2D eigenvalue weighted by Crippen LogP contribution is -2.25. The van der Waals surface area contributed by atoms with Crippen LogP contribution in [0.15, 0.2) is 30.6 Å². The minimum Gasteiger partial charge on any atom is -0.395 e. The van der Waals surface area contributed by atoms with E-state index in [0.717, 1.165) is 0 Å². The fourth-order valence-corrected chi connectivity index (χ4v) is 1.99. The molecule has 8 heteroatoms. The minimum absolute atomic E-state index is 0.00552. The van der Waals surface area contributed by atoms with E-state index in [4.69, 9.17) is 4.74 Å². The maximum absolute atomic E-state index is 13.0. The summed E-state index contributed by atoms with van der Waals surface area (Å²) in [5.74, 6) is 0.587. The van der Waals surface area contributed by atoms with Crippen molar-refractivity contribution < 1.29 is 23.0 Å². The minimum atomic E-state index is -3.62. The van der Waals surface area contributed by atoms with Crippen LogP contribution < -0.4 is 14.8 Å². The highest BCUT2D eigenvalue weighted by molar-refractivity contribution is 5.53.